The van der Waals surface area contributed by atoms with Crippen LogP contribution in [0.1, 0.15) is 22.7 Å². The summed E-state index contributed by atoms with van der Waals surface area (Å²) >= 11 is 0. The molecule has 1 unspecified atom stereocenters. The highest BCUT2D eigenvalue weighted by Gasteiger charge is 2.31. The van der Waals surface area contributed by atoms with E-state index in [-0.39, 0.29) is 11.7 Å². The number of methoxy groups -OCH3 is 2. The van der Waals surface area contributed by atoms with E-state index in [0.29, 0.717) is 18.7 Å². The predicted octanol–water partition coefficient (Wildman–Crippen LogP) is 5.31. The van der Waals surface area contributed by atoms with Gasteiger partial charge in [0.2, 0.25) is 0 Å². The summed E-state index contributed by atoms with van der Waals surface area (Å²) in [4.78, 5) is 14.9. The number of carbonyl (C=O) groups is 1. The van der Waals surface area contributed by atoms with Crippen LogP contribution in [0.25, 0.3) is 0 Å². The highest BCUT2D eigenvalue weighted by atomic mass is 19.1. The number of rotatable bonds is 4. The first-order valence-corrected chi connectivity index (χ1v) is 9.81. The number of hydrogen-bond acceptors (Lipinski definition) is 3. The Bertz CT molecular complexity index is 1080. The van der Waals surface area contributed by atoms with Crippen molar-refractivity contribution < 1.29 is 23.0 Å². The minimum atomic E-state index is -0.883. The minimum Gasteiger partial charge on any atom is -0.497 e. The van der Waals surface area contributed by atoms with Gasteiger partial charge >= 0.3 is 6.03 Å². The monoisotopic (exact) mass is 424 g/mol. The van der Waals surface area contributed by atoms with Crippen LogP contribution in [0.3, 0.4) is 0 Å². The van der Waals surface area contributed by atoms with E-state index in [2.05, 4.69) is 5.32 Å². The molecule has 5 nitrogen and oxygen atoms in total. The molecule has 0 radical (unpaired) electrons. The van der Waals surface area contributed by atoms with Crippen molar-refractivity contribution >= 4 is 11.7 Å². The number of halogens is 2. The molecule has 0 saturated carbocycles. The molecule has 1 aliphatic heterocycles. The number of ether oxygens (including phenoxy) is 2. The number of anilines is 1. The maximum atomic E-state index is 14.1. The van der Waals surface area contributed by atoms with Gasteiger partial charge in [-0.25, -0.2) is 13.6 Å². The Balaban J connectivity index is 1.66. The van der Waals surface area contributed by atoms with Crippen molar-refractivity contribution in [1.82, 2.24) is 4.90 Å². The molecule has 7 heteroatoms. The average molecular weight is 424 g/mol. The van der Waals surface area contributed by atoms with Gasteiger partial charge in [-0.1, -0.05) is 36.4 Å². The van der Waals surface area contributed by atoms with Gasteiger partial charge in [0.25, 0.3) is 0 Å². The topological polar surface area (TPSA) is 50.8 Å². The number of nitrogens with zero attached hydrogens (tertiary/aromatic N) is 1. The molecule has 4 rings (SSSR count). The average Bonchev–Trinajstić information content (AvgIpc) is 2.78. The van der Waals surface area contributed by atoms with Gasteiger partial charge in [-0.05, 0) is 35.2 Å². The highest BCUT2D eigenvalue weighted by Crippen LogP contribution is 2.35. The normalized spacial score (nSPS) is 15.2. The summed E-state index contributed by atoms with van der Waals surface area (Å²) in [7, 11) is 2.78. The van der Waals surface area contributed by atoms with E-state index in [4.69, 9.17) is 9.47 Å². The van der Waals surface area contributed by atoms with Gasteiger partial charge in [-0.15, -0.1) is 0 Å². The zero-order chi connectivity index (χ0) is 22.0. The molecular weight excluding hydrogens is 402 g/mol. The minimum absolute atomic E-state index is 0.0176. The van der Waals surface area contributed by atoms with Crippen LogP contribution in [0.15, 0.2) is 60.7 Å². The summed E-state index contributed by atoms with van der Waals surface area (Å²) in [6, 6.07) is 16.9. The van der Waals surface area contributed by atoms with Gasteiger partial charge in [0.1, 0.15) is 5.75 Å². The van der Waals surface area contributed by atoms with Crippen LogP contribution in [0.2, 0.25) is 0 Å². The third kappa shape index (κ3) is 4.17. The molecule has 0 aromatic heterocycles. The molecule has 0 saturated heterocycles. The number of urea groups is 1. The van der Waals surface area contributed by atoms with Gasteiger partial charge in [-0.3, -0.25) is 0 Å². The van der Waals surface area contributed by atoms with Crippen LogP contribution in [0.4, 0.5) is 19.3 Å². The van der Waals surface area contributed by atoms with Gasteiger partial charge < -0.3 is 19.7 Å². The van der Waals surface area contributed by atoms with E-state index < -0.39 is 23.4 Å². The van der Waals surface area contributed by atoms with Crippen LogP contribution >= 0.6 is 0 Å². The lowest BCUT2D eigenvalue weighted by Gasteiger charge is -2.37. The Morgan fingerprint density at radius 3 is 2.32 bits per heavy atom. The smallest absolute Gasteiger partial charge is 0.322 e. The zero-order valence-electron chi connectivity index (χ0n) is 17.2. The molecule has 2 amide bonds. The fraction of sp³-hybridized carbons (Fsp3) is 0.208. The van der Waals surface area contributed by atoms with E-state index in [1.807, 2.05) is 48.5 Å². The fourth-order valence-corrected chi connectivity index (χ4v) is 3.90. The Kier molecular flexibility index (Phi) is 5.75. The Labute approximate surface area is 179 Å². The van der Waals surface area contributed by atoms with Crippen LogP contribution in [0.5, 0.6) is 11.5 Å². The summed E-state index contributed by atoms with van der Waals surface area (Å²) in [5, 5.41) is 2.62. The molecule has 0 spiro atoms. The second kappa shape index (κ2) is 8.63. The molecule has 31 heavy (non-hydrogen) atoms. The Hall–Kier alpha value is -3.61. The lowest BCUT2D eigenvalue weighted by Crippen LogP contribution is -2.41. The van der Waals surface area contributed by atoms with Gasteiger partial charge in [0.05, 0.1) is 20.3 Å². The first-order valence-electron chi connectivity index (χ1n) is 9.81. The van der Waals surface area contributed by atoms with E-state index in [0.717, 1.165) is 28.8 Å². The van der Waals surface area contributed by atoms with E-state index >= 15 is 0 Å². The fourth-order valence-electron chi connectivity index (χ4n) is 3.90. The third-order valence-electron chi connectivity index (χ3n) is 5.44. The molecule has 1 aliphatic rings. The largest absolute Gasteiger partial charge is 0.497 e. The number of amides is 2. The summed E-state index contributed by atoms with van der Waals surface area (Å²) in [5.74, 6) is -1.55. The van der Waals surface area contributed by atoms with Crippen molar-refractivity contribution in [3.63, 3.8) is 0 Å². The van der Waals surface area contributed by atoms with E-state index in [9.17, 15) is 13.6 Å². The van der Waals surface area contributed by atoms with Crippen molar-refractivity contribution in [2.24, 2.45) is 0 Å². The summed E-state index contributed by atoms with van der Waals surface area (Å²) in [5.41, 5.74) is 3.09. The van der Waals surface area contributed by atoms with Crippen molar-refractivity contribution in [3.05, 3.63) is 89.0 Å². The first kappa shape index (κ1) is 20.7. The molecule has 0 fully saturated rings. The second-order valence-electron chi connectivity index (χ2n) is 7.30. The van der Waals surface area contributed by atoms with Gasteiger partial charge in [0.15, 0.2) is 17.4 Å². The Morgan fingerprint density at radius 2 is 1.68 bits per heavy atom. The molecule has 0 bridgehead atoms. The van der Waals surface area contributed by atoms with Crippen molar-refractivity contribution in [2.75, 3.05) is 19.5 Å². The number of benzene rings is 3. The number of carbonyl (C=O) groups excluding carboxylic acids is 1. The van der Waals surface area contributed by atoms with Crippen LogP contribution in [0, 0.1) is 11.6 Å². The number of hydrogen-bond donors (Lipinski definition) is 1. The molecule has 160 valence electrons. The maximum absolute atomic E-state index is 14.1. The molecular formula is C24H22F2N2O3. The lowest BCUT2D eigenvalue weighted by atomic mass is 9.90. The number of fused-ring (bicyclic) bond motifs is 1. The van der Waals surface area contributed by atoms with Crippen molar-refractivity contribution in [2.45, 2.75) is 19.0 Å². The summed E-state index contributed by atoms with van der Waals surface area (Å²) in [6.07, 6.45) is 0.613. The molecule has 3 aromatic carbocycles. The molecule has 1 heterocycles. The van der Waals surface area contributed by atoms with Crippen LogP contribution < -0.4 is 14.8 Å². The van der Waals surface area contributed by atoms with Crippen molar-refractivity contribution in [1.29, 1.82) is 0 Å². The van der Waals surface area contributed by atoms with Gasteiger partial charge in [-0.2, -0.15) is 0 Å². The second-order valence-corrected chi connectivity index (χ2v) is 7.30. The van der Waals surface area contributed by atoms with E-state index in [1.165, 1.54) is 7.11 Å². The molecule has 1 atom stereocenters. The summed E-state index contributed by atoms with van der Waals surface area (Å²) < 4.78 is 38.2. The highest BCUT2D eigenvalue weighted by molar-refractivity contribution is 5.90. The first-order chi connectivity index (χ1) is 15.0. The SMILES string of the molecule is COc1ccc2c(c1)CN(C(=O)Nc1cc(F)c(OC)c(F)c1)C(c1ccccc1)C2. The third-order valence-corrected chi connectivity index (χ3v) is 5.44. The quantitative estimate of drug-likeness (QED) is 0.617. The number of nitrogens with one attached hydrogen (secondary N) is 1. The van der Waals surface area contributed by atoms with Crippen LogP contribution in [-0.2, 0) is 13.0 Å². The standard InChI is InChI=1S/C24H22F2N2O3/c1-30-19-9-8-16-11-22(15-6-4-3-5-7-15)28(14-17(16)10-19)24(29)27-18-12-20(25)23(31-2)21(26)13-18/h3-10,12-13,22H,11,14H2,1-2H3,(H,27,29). The van der Waals surface area contributed by atoms with Crippen molar-refractivity contribution in [3.8, 4) is 11.5 Å². The van der Waals surface area contributed by atoms with Gasteiger partial charge in [0, 0.05) is 24.4 Å². The zero-order valence-corrected chi connectivity index (χ0v) is 17.2. The summed E-state index contributed by atoms with van der Waals surface area (Å²) in [6.45, 7) is 0.332. The predicted molar refractivity (Wildman–Crippen MR) is 113 cm³/mol. The van der Waals surface area contributed by atoms with E-state index in [1.54, 1.807) is 12.0 Å². The lowest BCUT2D eigenvalue weighted by molar-refractivity contribution is 0.176. The van der Waals surface area contributed by atoms with Crippen LogP contribution in [-0.4, -0.2) is 25.2 Å². The Morgan fingerprint density at radius 1 is 0.968 bits per heavy atom. The molecule has 0 aliphatic carbocycles. The molecule has 1 N–H and O–H groups in total. The molecule has 3 aromatic rings. The maximum Gasteiger partial charge on any atom is 0.322 e.